The van der Waals surface area contributed by atoms with E-state index in [2.05, 4.69) is 29.6 Å². The summed E-state index contributed by atoms with van der Waals surface area (Å²) < 4.78 is 12.0. The Bertz CT molecular complexity index is 655. The molecule has 0 radical (unpaired) electrons. The summed E-state index contributed by atoms with van der Waals surface area (Å²) in [5.74, 6) is 1.71. The van der Waals surface area contributed by atoms with E-state index in [4.69, 9.17) is 9.47 Å². The third kappa shape index (κ3) is 6.75. The molecule has 2 aromatic rings. The lowest BCUT2D eigenvalue weighted by Gasteiger charge is -2.20. The van der Waals surface area contributed by atoms with Crippen molar-refractivity contribution in [2.45, 2.75) is 64.6 Å². The molecule has 4 heteroatoms. The molecular weight excluding hydrogens is 358 g/mol. The molecular formula is C23H32ClNO2. The average Bonchev–Trinajstić information content (AvgIpc) is 2.95. The van der Waals surface area contributed by atoms with Gasteiger partial charge in [-0.2, -0.15) is 0 Å². The highest BCUT2D eigenvalue weighted by atomic mass is 35.5. The Morgan fingerprint density at radius 2 is 1.63 bits per heavy atom. The van der Waals surface area contributed by atoms with Crippen molar-refractivity contribution in [3.63, 3.8) is 0 Å². The van der Waals surface area contributed by atoms with Crippen LogP contribution in [0.4, 0.5) is 0 Å². The molecule has 1 aliphatic rings. The second-order valence-electron chi connectivity index (χ2n) is 7.02. The third-order valence-corrected chi connectivity index (χ3v) is 5.02. The van der Waals surface area contributed by atoms with Gasteiger partial charge in [-0.15, -0.1) is 12.4 Å². The Hall–Kier alpha value is -1.71. The van der Waals surface area contributed by atoms with E-state index in [1.54, 1.807) is 0 Å². The van der Waals surface area contributed by atoms with Crippen LogP contribution in [0.15, 0.2) is 48.5 Å². The number of rotatable bonds is 8. The van der Waals surface area contributed by atoms with Crippen LogP contribution >= 0.6 is 12.4 Å². The van der Waals surface area contributed by atoms with Crippen LogP contribution in [0.1, 0.15) is 56.6 Å². The smallest absolute Gasteiger partial charge is 0.166 e. The third-order valence-electron chi connectivity index (χ3n) is 5.02. The zero-order valence-corrected chi connectivity index (χ0v) is 17.1. The number of hydrogen-bond donors (Lipinski definition) is 1. The maximum atomic E-state index is 6.21. The van der Waals surface area contributed by atoms with Crippen molar-refractivity contribution in [3.8, 4) is 11.5 Å². The average molecular weight is 390 g/mol. The molecule has 0 spiro atoms. The number of ether oxygens (including phenoxy) is 2. The molecule has 0 aliphatic heterocycles. The SMILES string of the molecule is CCOc1cccc(CNC2CCCCCC2)c1OCc1ccccc1.Cl. The van der Waals surface area contributed by atoms with Gasteiger partial charge in [0.15, 0.2) is 11.5 Å². The summed E-state index contributed by atoms with van der Waals surface area (Å²) in [6, 6.07) is 17.1. The van der Waals surface area contributed by atoms with Crippen LogP contribution in [0.5, 0.6) is 11.5 Å². The Balaban J connectivity index is 0.00000261. The van der Waals surface area contributed by atoms with E-state index >= 15 is 0 Å². The van der Waals surface area contributed by atoms with Crippen molar-refractivity contribution < 1.29 is 9.47 Å². The second-order valence-corrected chi connectivity index (χ2v) is 7.02. The minimum atomic E-state index is 0. The molecule has 27 heavy (non-hydrogen) atoms. The van der Waals surface area contributed by atoms with Gasteiger partial charge in [0, 0.05) is 18.2 Å². The highest BCUT2D eigenvalue weighted by Crippen LogP contribution is 2.32. The van der Waals surface area contributed by atoms with Crippen molar-refractivity contribution in [2.24, 2.45) is 0 Å². The van der Waals surface area contributed by atoms with Crippen molar-refractivity contribution in [1.82, 2.24) is 5.32 Å². The Labute approximate surface area is 169 Å². The molecule has 0 aromatic heterocycles. The highest BCUT2D eigenvalue weighted by Gasteiger charge is 2.15. The van der Waals surface area contributed by atoms with E-state index in [-0.39, 0.29) is 12.4 Å². The van der Waals surface area contributed by atoms with E-state index in [0.717, 1.165) is 18.0 Å². The van der Waals surface area contributed by atoms with Crippen molar-refractivity contribution >= 4 is 12.4 Å². The lowest BCUT2D eigenvalue weighted by molar-refractivity contribution is 0.265. The first kappa shape index (κ1) is 21.6. The van der Waals surface area contributed by atoms with Gasteiger partial charge in [0.05, 0.1) is 6.61 Å². The number of halogens is 1. The first-order valence-electron chi connectivity index (χ1n) is 10.0. The lowest BCUT2D eigenvalue weighted by atomic mass is 10.1. The molecule has 3 nitrogen and oxygen atoms in total. The maximum Gasteiger partial charge on any atom is 0.166 e. The Morgan fingerprint density at radius 1 is 0.889 bits per heavy atom. The van der Waals surface area contributed by atoms with Crippen LogP contribution < -0.4 is 14.8 Å². The minimum absolute atomic E-state index is 0. The van der Waals surface area contributed by atoms with Crippen LogP contribution in [-0.2, 0) is 13.2 Å². The topological polar surface area (TPSA) is 30.5 Å². The molecule has 3 rings (SSSR count). The van der Waals surface area contributed by atoms with Gasteiger partial charge in [-0.25, -0.2) is 0 Å². The number of hydrogen-bond acceptors (Lipinski definition) is 3. The van der Waals surface area contributed by atoms with E-state index < -0.39 is 0 Å². The van der Waals surface area contributed by atoms with Gasteiger partial charge in [-0.3, -0.25) is 0 Å². The number of benzene rings is 2. The molecule has 0 amide bonds. The molecule has 1 N–H and O–H groups in total. The van der Waals surface area contributed by atoms with Crippen LogP contribution in [0.3, 0.4) is 0 Å². The summed E-state index contributed by atoms with van der Waals surface area (Å²) in [7, 11) is 0. The summed E-state index contributed by atoms with van der Waals surface area (Å²) in [4.78, 5) is 0. The first-order chi connectivity index (χ1) is 12.9. The predicted octanol–water partition coefficient (Wildman–Crippen LogP) is 5.90. The minimum Gasteiger partial charge on any atom is -0.490 e. The standard InChI is InChI=1S/C23H31NO2.ClH/c1-2-25-22-16-10-13-20(17-24-21-14-8-3-4-9-15-21)23(22)26-18-19-11-6-5-7-12-19;/h5-7,10-13,16,21,24H,2-4,8-9,14-15,17-18H2,1H3;1H. The first-order valence-corrected chi connectivity index (χ1v) is 10.0. The monoisotopic (exact) mass is 389 g/mol. The van der Waals surface area contributed by atoms with E-state index in [0.29, 0.717) is 19.3 Å². The molecule has 2 aromatic carbocycles. The summed E-state index contributed by atoms with van der Waals surface area (Å²) in [5.41, 5.74) is 2.35. The maximum absolute atomic E-state index is 6.21. The second kappa shape index (κ2) is 11.9. The zero-order chi connectivity index (χ0) is 18.0. The van der Waals surface area contributed by atoms with Crippen LogP contribution in [0, 0.1) is 0 Å². The molecule has 0 saturated heterocycles. The molecule has 148 valence electrons. The molecule has 0 bridgehead atoms. The summed E-state index contributed by atoms with van der Waals surface area (Å²) in [6.07, 6.45) is 8.01. The summed E-state index contributed by atoms with van der Waals surface area (Å²) in [5, 5.41) is 3.75. The fraction of sp³-hybridized carbons (Fsp3) is 0.478. The Morgan fingerprint density at radius 3 is 2.33 bits per heavy atom. The van der Waals surface area contributed by atoms with E-state index in [1.165, 1.54) is 49.7 Å². The molecule has 0 heterocycles. The van der Waals surface area contributed by atoms with E-state index in [1.807, 2.05) is 31.2 Å². The van der Waals surface area contributed by atoms with Crippen LogP contribution in [0.25, 0.3) is 0 Å². The van der Waals surface area contributed by atoms with Crippen molar-refractivity contribution in [3.05, 3.63) is 59.7 Å². The normalized spacial score (nSPS) is 14.9. The molecule has 1 aliphatic carbocycles. The number of para-hydroxylation sites is 1. The van der Waals surface area contributed by atoms with Crippen LogP contribution in [-0.4, -0.2) is 12.6 Å². The van der Waals surface area contributed by atoms with Gasteiger partial charge in [0.1, 0.15) is 6.61 Å². The van der Waals surface area contributed by atoms with Gasteiger partial charge >= 0.3 is 0 Å². The van der Waals surface area contributed by atoms with Gasteiger partial charge in [-0.1, -0.05) is 68.1 Å². The van der Waals surface area contributed by atoms with Crippen molar-refractivity contribution in [2.75, 3.05) is 6.61 Å². The fourth-order valence-electron chi connectivity index (χ4n) is 3.60. The molecule has 1 saturated carbocycles. The number of nitrogens with one attached hydrogen (secondary N) is 1. The van der Waals surface area contributed by atoms with Gasteiger partial charge < -0.3 is 14.8 Å². The lowest BCUT2D eigenvalue weighted by Crippen LogP contribution is -2.28. The largest absolute Gasteiger partial charge is 0.490 e. The summed E-state index contributed by atoms with van der Waals surface area (Å²) in [6.45, 7) is 4.04. The van der Waals surface area contributed by atoms with E-state index in [9.17, 15) is 0 Å². The predicted molar refractivity (Wildman–Crippen MR) is 114 cm³/mol. The fourth-order valence-corrected chi connectivity index (χ4v) is 3.60. The van der Waals surface area contributed by atoms with Gasteiger partial charge in [-0.05, 0) is 31.4 Å². The van der Waals surface area contributed by atoms with Gasteiger partial charge in [0.25, 0.3) is 0 Å². The summed E-state index contributed by atoms with van der Waals surface area (Å²) >= 11 is 0. The quantitative estimate of drug-likeness (QED) is 0.570. The highest BCUT2D eigenvalue weighted by molar-refractivity contribution is 5.85. The molecule has 0 unspecified atom stereocenters. The van der Waals surface area contributed by atoms with Gasteiger partial charge in [0.2, 0.25) is 0 Å². The molecule has 0 atom stereocenters. The Kier molecular flexibility index (Phi) is 9.51. The van der Waals surface area contributed by atoms with Crippen molar-refractivity contribution in [1.29, 1.82) is 0 Å². The molecule has 1 fully saturated rings. The zero-order valence-electron chi connectivity index (χ0n) is 16.3. The van der Waals surface area contributed by atoms with Crippen LogP contribution in [0.2, 0.25) is 0 Å².